The second-order valence-corrected chi connectivity index (χ2v) is 5.69. The zero-order valence-corrected chi connectivity index (χ0v) is 10.3. The monoisotopic (exact) mass is 234 g/mol. The van der Waals surface area contributed by atoms with Crippen LogP contribution in [0.2, 0.25) is 0 Å². The van der Waals surface area contributed by atoms with Crippen LogP contribution in [0.3, 0.4) is 0 Å². The summed E-state index contributed by atoms with van der Waals surface area (Å²) in [5, 5.41) is 6.93. The molecule has 0 amide bonds. The minimum atomic E-state index is 0.764. The van der Waals surface area contributed by atoms with E-state index in [2.05, 4.69) is 28.8 Å². The molecule has 1 aromatic rings. The number of piperidine rings is 1. The number of hydrogen-bond donors (Lipinski definition) is 2. The Bertz CT molecular complexity index is 372. The lowest BCUT2D eigenvalue weighted by Crippen LogP contribution is -2.26. The highest BCUT2D eigenvalue weighted by atomic mass is 32.2. The fraction of sp³-hybridized carbons (Fsp3) is 0.538. The highest BCUT2D eigenvalue weighted by molar-refractivity contribution is 7.99. The Morgan fingerprint density at radius 1 is 1.12 bits per heavy atom. The highest BCUT2D eigenvalue weighted by Crippen LogP contribution is 2.35. The van der Waals surface area contributed by atoms with Gasteiger partial charge in [-0.1, -0.05) is 6.07 Å². The second kappa shape index (κ2) is 4.68. The van der Waals surface area contributed by atoms with E-state index in [0.717, 1.165) is 12.5 Å². The predicted octanol–water partition coefficient (Wildman–Crippen LogP) is 2.67. The van der Waals surface area contributed by atoms with Crippen LogP contribution in [-0.4, -0.2) is 25.4 Å². The predicted molar refractivity (Wildman–Crippen MR) is 70.5 cm³/mol. The third-order valence-electron chi connectivity index (χ3n) is 3.49. The van der Waals surface area contributed by atoms with Gasteiger partial charge < -0.3 is 10.6 Å². The van der Waals surface area contributed by atoms with Gasteiger partial charge in [-0.05, 0) is 49.5 Å². The van der Waals surface area contributed by atoms with Gasteiger partial charge in [0.1, 0.15) is 0 Å². The number of nitrogens with one attached hydrogen (secondary N) is 2. The van der Waals surface area contributed by atoms with Gasteiger partial charge >= 0.3 is 0 Å². The summed E-state index contributed by atoms with van der Waals surface area (Å²) in [6.45, 7) is 3.45. The summed E-state index contributed by atoms with van der Waals surface area (Å²) in [4.78, 5) is 1.42. The van der Waals surface area contributed by atoms with Crippen molar-refractivity contribution in [2.45, 2.75) is 23.7 Å². The minimum Gasteiger partial charge on any atom is -0.383 e. The number of benzene rings is 1. The third kappa shape index (κ3) is 2.06. The van der Waals surface area contributed by atoms with Crippen LogP contribution in [0.25, 0.3) is 0 Å². The van der Waals surface area contributed by atoms with E-state index in [1.165, 1.54) is 47.8 Å². The zero-order valence-electron chi connectivity index (χ0n) is 9.46. The molecule has 0 aliphatic carbocycles. The molecule has 1 fully saturated rings. The molecule has 0 bridgehead atoms. The van der Waals surface area contributed by atoms with E-state index >= 15 is 0 Å². The molecule has 1 aromatic carbocycles. The number of hydrogen-bond acceptors (Lipinski definition) is 3. The summed E-state index contributed by atoms with van der Waals surface area (Å²) in [5.41, 5.74) is 2.88. The van der Waals surface area contributed by atoms with Crippen LogP contribution in [0.15, 0.2) is 23.1 Å². The Kier molecular flexibility index (Phi) is 3.06. The molecule has 0 saturated carbocycles. The van der Waals surface area contributed by atoms with Gasteiger partial charge in [0.05, 0.1) is 0 Å². The summed E-state index contributed by atoms with van der Waals surface area (Å²) in [6.07, 6.45) is 2.57. The molecule has 2 nitrogen and oxygen atoms in total. The molecule has 0 spiro atoms. The Balaban J connectivity index is 1.84. The average Bonchev–Trinajstić information content (AvgIpc) is 2.39. The Morgan fingerprint density at radius 2 is 2.00 bits per heavy atom. The van der Waals surface area contributed by atoms with Gasteiger partial charge in [0, 0.05) is 22.9 Å². The topological polar surface area (TPSA) is 24.1 Å². The van der Waals surface area contributed by atoms with E-state index in [1.807, 2.05) is 11.8 Å². The van der Waals surface area contributed by atoms with Crippen molar-refractivity contribution in [3.63, 3.8) is 0 Å². The number of thioether (sulfide) groups is 1. The molecule has 2 aliphatic rings. The number of rotatable bonds is 1. The SMILES string of the molecule is c1cc2c(cc1C1CCNCC1)NCCS2. The van der Waals surface area contributed by atoms with Gasteiger partial charge in [0.15, 0.2) is 0 Å². The Hall–Kier alpha value is -0.670. The summed E-state index contributed by atoms with van der Waals surface area (Å²) < 4.78 is 0. The molecule has 0 radical (unpaired) electrons. The molecule has 0 unspecified atom stereocenters. The van der Waals surface area contributed by atoms with Crippen LogP contribution in [0.4, 0.5) is 5.69 Å². The second-order valence-electron chi connectivity index (χ2n) is 4.56. The van der Waals surface area contributed by atoms with Gasteiger partial charge in [0.2, 0.25) is 0 Å². The van der Waals surface area contributed by atoms with E-state index < -0.39 is 0 Å². The van der Waals surface area contributed by atoms with Crippen LogP contribution in [-0.2, 0) is 0 Å². The molecule has 2 heterocycles. The van der Waals surface area contributed by atoms with Gasteiger partial charge in [-0.15, -0.1) is 11.8 Å². The van der Waals surface area contributed by atoms with Crippen LogP contribution in [0.5, 0.6) is 0 Å². The van der Waals surface area contributed by atoms with Crippen LogP contribution in [0.1, 0.15) is 24.3 Å². The van der Waals surface area contributed by atoms with Crippen molar-refractivity contribution in [1.82, 2.24) is 5.32 Å². The van der Waals surface area contributed by atoms with E-state index in [0.29, 0.717) is 0 Å². The normalized spacial score (nSPS) is 21.2. The summed E-state index contributed by atoms with van der Waals surface area (Å²) in [7, 11) is 0. The molecule has 0 atom stereocenters. The lowest BCUT2D eigenvalue weighted by molar-refractivity contribution is 0.460. The average molecular weight is 234 g/mol. The first-order chi connectivity index (χ1) is 7.93. The third-order valence-corrected chi connectivity index (χ3v) is 4.56. The quantitative estimate of drug-likeness (QED) is 0.781. The maximum atomic E-state index is 3.51. The molecule has 1 saturated heterocycles. The summed E-state index contributed by atoms with van der Waals surface area (Å²) in [5.74, 6) is 1.96. The van der Waals surface area contributed by atoms with Crippen LogP contribution < -0.4 is 10.6 Å². The molecule has 2 N–H and O–H groups in total. The molecule has 86 valence electrons. The lowest BCUT2D eigenvalue weighted by atomic mass is 9.90. The van der Waals surface area contributed by atoms with Crippen molar-refractivity contribution >= 4 is 17.4 Å². The van der Waals surface area contributed by atoms with E-state index in [-0.39, 0.29) is 0 Å². The fourth-order valence-electron chi connectivity index (χ4n) is 2.57. The first kappa shape index (κ1) is 10.5. The maximum absolute atomic E-state index is 3.51. The van der Waals surface area contributed by atoms with Crippen molar-refractivity contribution < 1.29 is 0 Å². The van der Waals surface area contributed by atoms with E-state index in [4.69, 9.17) is 0 Å². The Morgan fingerprint density at radius 3 is 2.88 bits per heavy atom. The van der Waals surface area contributed by atoms with Gasteiger partial charge in [-0.25, -0.2) is 0 Å². The number of fused-ring (bicyclic) bond motifs is 1. The Labute approximate surface area is 101 Å². The molecule has 3 heteroatoms. The molecule has 0 aromatic heterocycles. The fourth-order valence-corrected chi connectivity index (χ4v) is 3.44. The smallest absolute Gasteiger partial charge is 0.0481 e. The summed E-state index contributed by atoms with van der Waals surface area (Å²) in [6, 6.07) is 7.00. The van der Waals surface area contributed by atoms with Crippen molar-refractivity contribution in [3.05, 3.63) is 23.8 Å². The molecular weight excluding hydrogens is 216 g/mol. The number of anilines is 1. The van der Waals surface area contributed by atoms with Gasteiger partial charge in [0.25, 0.3) is 0 Å². The van der Waals surface area contributed by atoms with Crippen molar-refractivity contribution in [3.8, 4) is 0 Å². The van der Waals surface area contributed by atoms with Gasteiger partial charge in [-0.2, -0.15) is 0 Å². The highest BCUT2D eigenvalue weighted by Gasteiger charge is 2.17. The molecule has 3 rings (SSSR count). The molecular formula is C13H18N2S. The first-order valence-corrected chi connectivity index (χ1v) is 7.13. The maximum Gasteiger partial charge on any atom is 0.0481 e. The standard InChI is InChI=1S/C13H18N2S/c1-2-13-12(15-7-8-16-13)9-11(1)10-3-5-14-6-4-10/h1-2,9-10,14-15H,3-8H2. The molecule has 16 heavy (non-hydrogen) atoms. The van der Waals surface area contributed by atoms with Crippen molar-refractivity contribution in [2.75, 3.05) is 30.7 Å². The van der Waals surface area contributed by atoms with Crippen LogP contribution >= 0.6 is 11.8 Å². The lowest BCUT2D eigenvalue weighted by Gasteiger charge is -2.25. The summed E-state index contributed by atoms with van der Waals surface area (Å²) >= 11 is 1.97. The van der Waals surface area contributed by atoms with Crippen LogP contribution in [0, 0.1) is 0 Å². The van der Waals surface area contributed by atoms with Crippen molar-refractivity contribution in [1.29, 1.82) is 0 Å². The largest absolute Gasteiger partial charge is 0.383 e. The van der Waals surface area contributed by atoms with E-state index in [9.17, 15) is 0 Å². The van der Waals surface area contributed by atoms with Gasteiger partial charge in [-0.3, -0.25) is 0 Å². The van der Waals surface area contributed by atoms with Crippen molar-refractivity contribution in [2.24, 2.45) is 0 Å². The molecule has 2 aliphatic heterocycles. The zero-order chi connectivity index (χ0) is 10.8. The minimum absolute atomic E-state index is 0.764. The van der Waals surface area contributed by atoms with E-state index in [1.54, 1.807) is 0 Å². The first-order valence-electron chi connectivity index (χ1n) is 6.15.